The number of aryl methyl sites for hydroxylation is 1. The van der Waals surface area contributed by atoms with Crippen molar-refractivity contribution in [1.29, 1.82) is 0 Å². The van der Waals surface area contributed by atoms with Crippen molar-refractivity contribution < 1.29 is 9.53 Å². The Morgan fingerprint density at radius 3 is 2.40 bits per heavy atom. The minimum Gasteiger partial charge on any atom is -0.496 e. The second kappa shape index (κ2) is 8.52. The Morgan fingerprint density at radius 2 is 1.72 bits per heavy atom. The molecule has 0 aromatic heterocycles. The summed E-state index contributed by atoms with van der Waals surface area (Å²) < 4.78 is 5.42. The molecule has 0 radical (unpaired) electrons. The van der Waals surface area contributed by atoms with E-state index in [4.69, 9.17) is 4.74 Å². The lowest BCUT2D eigenvalue weighted by Gasteiger charge is -2.28. The van der Waals surface area contributed by atoms with Crippen molar-refractivity contribution in [3.63, 3.8) is 0 Å². The second-order valence-corrected chi connectivity index (χ2v) is 6.79. The van der Waals surface area contributed by atoms with E-state index in [1.807, 2.05) is 63.2 Å². The number of hydrogen-bond donors (Lipinski definition) is 1. The first-order valence-electron chi connectivity index (χ1n) is 8.59. The van der Waals surface area contributed by atoms with Crippen molar-refractivity contribution in [1.82, 2.24) is 5.32 Å². The number of rotatable bonds is 7. The van der Waals surface area contributed by atoms with E-state index < -0.39 is 5.54 Å². The van der Waals surface area contributed by atoms with Crippen molar-refractivity contribution in [3.8, 4) is 5.75 Å². The fourth-order valence-corrected chi connectivity index (χ4v) is 2.85. The standard InChI is InChI=1S/C22H27NO2/c1-17(14-15-18-10-6-5-7-11-18)16-21(24)23-22(2,3)19-12-8-9-13-20(19)25-4/h5-13,16H,14-15H2,1-4H3,(H,23,24)/b17-16-. The van der Waals surface area contributed by atoms with Gasteiger partial charge in [0.25, 0.3) is 0 Å². The molecule has 0 fully saturated rings. The molecule has 132 valence electrons. The number of para-hydroxylation sites is 1. The van der Waals surface area contributed by atoms with Gasteiger partial charge in [-0.05, 0) is 45.2 Å². The SMILES string of the molecule is COc1ccccc1C(C)(C)NC(=O)/C=C(/C)CCc1ccccc1. The van der Waals surface area contributed by atoms with Gasteiger partial charge < -0.3 is 10.1 Å². The third-order valence-corrected chi connectivity index (χ3v) is 4.24. The summed E-state index contributed by atoms with van der Waals surface area (Å²) in [6.07, 6.45) is 3.50. The summed E-state index contributed by atoms with van der Waals surface area (Å²) in [6, 6.07) is 18.1. The molecule has 2 aromatic carbocycles. The van der Waals surface area contributed by atoms with Gasteiger partial charge in [-0.25, -0.2) is 0 Å². The van der Waals surface area contributed by atoms with Crippen molar-refractivity contribution in [2.45, 2.75) is 39.2 Å². The van der Waals surface area contributed by atoms with E-state index in [9.17, 15) is 4.79 Å². The highest BCUT2D eigenvalue weighted by atomic mass is 16.5. The molecule has 0 bridgehead atoms. The normalized spacial score (nSPS) is 11.9. The van der Waals surface area contributed by atoms with Gasteiger partial charge in [-0.1, -0.05) is 54.1 Å². The summed E-state index contributed by atoms with van der Waals surface area (Å²) >= 11 is 0. The first-order chi connectivity index (χ1) is 11.9. The quantitative estimate of drug-likeness (QED) is 0.748. The highest BCUT2D eigenvalue weighted by molar-refractivity contribution is 5.88. The molecule has 1 amide bonds. The molecule has 0 atom stereocenters. The predicted molar refractivity (Wildman–Crippen MR) is 103 cm³/mol. The third-order valence-electron chi connectivity index (χ3n) is 4.24. The number of methoxy groups -OCH3 is 1. The Kier molecular flexibility index (Phi) is 6.40. The summed E-state index contributed by atoms with van der Waals surface area (Å²) in [6.45, 7) is 5.96. The van der Waals surface area contributed by atoms with E-state index in [2.05, 4.69) is 17.4 Å². The van der Waals surface area contributed by atoms with Crippen molar-refractivity contribution in [3.05, 3.63) is 77.4 Å². The van der Waals surface area contributed by atoms with Crippen LogP contribution in [0.15, 0.2) is 66.2 Å². The summed E-state index contributed by atoms with van der Waals surface area (Å²) in [5.74, 6) is 0.694. The number of ether oxygens (including phenoxy) is 1. The average Bonchev–Trinajstić information content (AvgIpc) is 2.60. The van der Waals surface area contributed by atoms with Crippen LogP contribution >= 0.6 is 0 Å². The molecule has 0 saturated carbocycles. The summed E-state index contributed by atoms with van der Waals surface area (Å²) in [4.78, 5) is 12.4. The highest BCUT2D eigenvalue weighted by Crippen LogP contribution is 2.29. The van der Waals surface area contributed by atoms with Crippen LogP contribution < -0.4 is 10.1 Å². The molecule has 0 heterocycles. The number of hydrogen-bond acceptors (Lipinski definition) is 2. The molecule has 0 unspecified atom stereocenters. The smallest absolute Gasteiger partial charge is 0.244 e. The van der Waals surface area contributed by atoms with E-state index in [1.54, 1.807) is 13.2 Å². The minimum absolute atomic E-state index is 0.0820. The van der Waals surface area contributed by atoms with Gasteiger partial charge in [-0.3, -0.25) is 4.79 Å². The molecule has 0 spiro atoms. The largest absolute Gasteiger partial charge is 0.496 e. The molecule has 2 aromatic rings. The Morgan fingerprint density at radius 1 is 1.08 bits per heavy atom. The van der Waals surface area contributed by atoms with E-state index >= 15 is 0 Å². The maximum Gasteiger partial charge on any atom is 0.244 e. The lowest BCUT2D eigenvalue weighted by atomic mass is 9.93. The van der Waals surface area contributed by atoms with Gasteiger partial charge in [0.15, 0.2) is 0 Å². The first-order valence-corrected chi connectivity index (χ1v) is 8.59. The lowest BCUT2D eigenvalue weighted by molar-refractivity contribution is -0.118. The average molecular weight is 337 g/mol. The number of nitrogens with one attached hydrogen (secondary N) is 1. The Balaban J connectivity index is 2.00. The zero-order chi connectivity index (χ0) is 18.3. The monoisotopic (exact) mass is 337 g/mol. The fraction of sp³-hybridized carbons (Fsp3) is 0.318. The maximum atomic E-state index is 12.4. The van der Waals surface area contributed by atoms with Crippen molar-refractivity contribution in [2.24, 2.45) is 0 Å². The zero-order valence-electron chi connectivity index (χ0n) is 15.5. The van der Waals surface area contributed by atoms with Crippen LogP contribution in [0, 0.1) is 0 Å². The van der Waals surface area contributed by atoms with Crippen molar-refractivity contribution >= 4 is 5.91 Å². The van der Waals surface area contributed by atoms with Gasteiger partial charge in [0.2, 0.25) is 5.91 Å². The molecule has 2 rings (SSSR count). The van der Waals surface area contributed by atoms with Gasteiger partial charge in [-0.2, -0.15) is 0 Å². The fourth-order valence-electron chi connectivity index (χ4n) is 2.85. The van der Waals surface area contributed by atoms with Gasteiger partial charge in [0.05, 0.1) is 12.6 Å². The second-order valence-electron chi connectivity index (χ2n) is 6.79. The Hall–Kier alpha value is -2.55. The summed E-state index contributed by atoms with van der Waals surface area (Å²) in [5, 5.41) is 3.08. The van der Waals surface area contributed by atoms with Gasteiger partial charge in [0, 0.05) is 11.6 Å². The molecule has 0 aliphatic carbocycles. The first kappa shape index (κ1) is 18.8. The molecule has 25 heavy (non-hydrogen) atoms. The molecule has 0 saturated heterocycles. The van der Waals surface area contributed by atoms with Gasteiger partial charge >= 0.3 is 0 Å². The van der Waals surface area contributed by atoms with E-state index in [-0.39, 0.29) is 5.91 Å². The van der Waals surface area contributed by atoms with Crippen LogP contribution in [0.1, 0.15) is 38.3 Å². The number of carbonyl (C=O) groups is 1. The number of allylic oxidation sites excluding steroid dienone is 1. The molecule has 3 nitrogen and oxygen atoms in total. The summed E-state index contributed by atoms with van der Waals surface area (Å²) in [5.41, 5.74) is 2.79. The van der Waals surface area contributed by atoms with Crippen LogP contribution in [0.5, 0.6) is 5.75 Å². The molecule has 0 aliphatic heterocycles. The highest BCUT2D eigenvalue weighted by Gasteiger charge is 2.25. The topological polar surface area (TPSA) is 38.3 Å². The molecule has 3 heteroatoms. The van der Waals surface area contributed by atoms with Crippen LogP contribution in [0.4, 0.5) is 0 Å². The molecular formula is C22H27NO2. The van der Waals surface area contributed by atoms with E-state index in [0.717, 1.165) is 29.7 Å². The van der Waals surface area contributed by atoms with Gasteiger partial charge in [-0.15, -0.1) is 0 Å². The third kappa shape index (κ3) is 5.49. The molecular weight excluding hydrogens is 310 g/mol. The van der Waals surface area contributed by atoms with Gasteiger partial charge in [0.1, 0.15) is 5.75 Å². The zero-order valence-corrected chi connectivity index (χ0v) is 15.5. The van der Waals surface area contributed by atoms with Crippen LogP contribution in [0.3, 0.4) is 0 Å². The molecule has 1 N–H and O–H groups in total. The van der Waals surface area contributed by atoms with Crippen LogP contribution in [-0.4, -0.2) is 13.0 Å². The van der Waals surface area contributed by atoms with E-state index in [1.165, 1.54) is 5.56 Å². The van der Waals surface area contributed by atoms with Crippen molar-refractivity contribution in [2.75, 3.05) is 7.11 Å². The van der Waals surface area contributed by atoms with Crippen LogP contribution in [0.2, 0.25) is 0 Å². The maximum absolute atomic E-state index is 12.4. The van der Waals surface area contributed by atoms with Crippen LogP contribution in [-0.2, 0) is 16.8 Å². The minimum atomic E-state index is -0.514. The predicted octanol–water partition coefficient (Wildman–Crippen LogP) is 4.63. The Bertz CT molecular complexity index is 733. The molecule has 0 aliphatic rings. The number of amides is 1. The van der Waals surface area contributed by atoms with Crippen LogP contribution in [0.25, 0.3) is 0 Å². The lowest BCUT2D eigenvalue weighted by Crippen LogP contribution is -2.40. The van der Waals surface area contributed by atoms with E-state index in [0.29, 0.717) is 0 Å². The Labute approximate surface area is 150 Å². The number of carbonyl (C=O) groups excluding carboxylic acids is 1. The summed E-state index contributed by atoms with van der Waals surface area (Å²) in [7, 11) is 1.64. The number of benzene rings is 2.